The van der Waals surface area contributed by atoms with Crippen molar-refractivity contribution in [1.29, 1.82) is 0 Å². The number of nitrogens with zero attached hydrogens (tertiary/aromatic N) is 2. The molecule has 0 radical (unpaired) electrons. The molecule has 11 aromatic rings. The summed E-state index contributed by atoms with van der Waals surface area (Å²) in [6.45, 7) is 0. The highest BCUT2D eigenvalue weighted by Crippen LogP contribution is 2.41. The molecule has 66 heavy (non-hydrogen) atoms. The van der Waals surface area contributed by atoms with Crippen LogP contribution in [0.2, 0.25) is 0 Å². The number of hydrogen-bond acceptors (Lipinski definition) is 1. The Hall–Kier alpha value is -8.46. The van der Waals surface area contributed by atoms with Gasteiger partial charge in [-0.3, -0.25) is 0 Å². The molecule has 0 fully saturated rings. The smallest absolute Gasteiger partial charge is 0.0619 e. The third-order valence-corrected chi connectivity index (χ3v) is 13.3. The monoisotopic (exact) mass is 842 g/mol. The average Bonchev–Trinajstić information content (AvgIpc) is 3.75. The Kier molecular flexibility index (Phi) is 10.0. The van der Waals surface area contributed by atoms with Crippen molar-refractivity contribution in [2.24, 2.45) is 0 Å². The highest BCUT2D eigenvalue weighted by Gasteiger charge is 2.23. The van der Waals surface area contributed by atoms with Gasteiger partial charge in [0.05, 0.1) is 17.1 Å². The second kappa shape index (κ2) is 16.9. The van der Waals surface area contributed by atoms with Gasteiger partial charge in [-0.05, 0) is 116 Å². The molecule has 10 aromatic carbocycles. The van der Waals surface area contributed by atoms with Gasteiger partial charge in [-0.15, -0.1) is 0 Å². The van der Waals surface area contributed by atoms with Crippen LogP contribution in [-0.2, 0) is 0 Å². The molecule has 0 saturated heterocycles. The van der Waals surface area contributed by atoms with Crippen LogP contribution in [0.15, 0.2) is 261 Å². The Morgan fingerprint density at radius 1 is 0.379 bits per heavy atom. The zero-order valence-corrected chi connectivity index (χ0v) is 36.5. The van der Waals surface area contributed by atoms with Gasteiger partial charge in [0.1, 0.15) is 0 Å². The molecule has 312 valence electrons. The number of fused-ring (bicyclic) bond motifs is 5. The molecule has 2 nitrogen and oxygen atoms in total. The van der Waals surface area contributed by atoms with Gasteiger partial charge < -0.3 is 9.47 Å². The summed E-state index contributed by atoms with van der Waals surface area (Å²) in [6, 6.07) is 88.5. The fraction of sp³-hybridized carbons (Fsp3) is 0.0312. The van der Waals surface area contributed by atoms with Crippen molar-refractivity contribution in [3.63, 3.8) is 0 Å². The quantitative estimate of drug-likeness (QED) is 0.141. The van der Waals surface area contributed by atoms with E-state index in [4.69, 9.17) is 0 Å². The van der Waals surface area contributed by atoms with Gasteiger partial charge in [0.25, 0.3) is 0 Å². The minimum absolute atomic E-state index is 0.108. The molecule has 1 aliphatic carbocycles. The molecule has 0 amide bonds. The van der Waals surface area contributed by atoms with Crippen LogP contribution < -0.4 is 4.90 Å². The Bertz CT molecular complexity index is 3520. The highest BCUT2D eigenvalue weighted by molar-refractivity contribution is 6.18. The van der Waals surface area contributed by atoms with Crippen molar-refractivity contribution in [3.8, 4) is 50.2 Å². The molecule has 1 atom stereocenters. The molecular formula is C64H46N2. The maximum atomic E-state index is 2.53. The zero-order valence-electron chi connectivity index (χ0n) is 36.5. The van der Waals surface area contributed by atoms with Crippen LogP contribution in [-0.4, -0.2) is 10.6 Å². The van der Waals surface area contributed by atoms with Gasteiger partial charge in [-0.1, -0.05) is 212 Å². The van der Waals surface area contributed by atoms with E-state index in [0.717, 1.165) is 23.5 Å². The predicted octanol–water partition coefficient (Wildman–Crippen LogP) is 17.2. The number of rotatable bonds is 9. The average molecular weight is 843 g/mol. The van der Waals surface area contributed by atoms with Gasteiger partial charge >= 0.3 is 0 Å². The van der Waals surface area contributed by atoms with Crippen molar-refractivity contribution >= 4 is 49.5 Å². The minimum atomic E-state index is 0.108. The summed E-state index contributed by atoms with van der Waals surface area (Å²) < 4.78 is 2.44. The van der Waals surface area contributed by atoms with Gasteiger partial charge in [0, 0.05) is 33.2 Å². The summed E-state index contributed by atoms with van der Waals surface area (Å²) in [5.74, 6) is 0. The maximum Gasteiger partial charge on any atom is 0.0619 e. The van der Waals surface area contributed by atoms with E-state index in [1.165, 1.54) is 88.2 Å². The number of hydrogen-bond donors (Lipinski definition) is 0. The summed E-state index contributed by atoms with van der Waals surface area (Å²) >= 11 is 0. The van der Waals surface area contributed by atoms with Crippen molar-refractivity contribution in [2.45, 2.75) is 12.5 Å². The molecule has 0 N–H and O–H groups in total. The van der Waals surface area contributed by atoms with E-state index in [1.807, 2.05) is 0 Å². The Labute approximate surface area is 386 Å². The molecule has 2 heteroatoms. The first-order valence-electron chi connectivity index (χ1n) is 22.9. The third-order valence-electron chi connectivity index (χ3n) is 13.3. The van der Waals surface area contributed by atoms with E-state index in [-0.39, 0.29) is 6.04 Å². The van der Waals surface area contributed by atoms with E-state index < -0.39 is 0 Å². The predicted molar refractivity (Wildman–Crippen MR) is 281 cm³/mol. The van der Waals surface area contributed by atoms with Crippen LogP contribution in [0.1, 0.15) is 12.0 Å². The first-order chi connectivity index (χ1) is 32.7. The molecule has 1 aromatic heterocycles. The Morgan fingerprint density at radius 2 is 0.924 bits per heavy atom. The van der Waals surface area contributed by atoms with Crippen molar-refractivity contribution in [2.75, 3.05) is 4.90 Å². The second-order valence-electron chi connectivity index (χ2n) is 17.2. The first-order valence-corrected chi connectivity index (χ1v) is 22.9. The molecule has 1 heterocycles. The van der Waals surface area contributed by atoms with Crippen LogP contribution in [0, 0.1) is 0 Å². The Morgan fingerprint density at radius 3 is 1.55 bits per heavy atom. The standard InChI is InChI=1S/C64H46N2/c1-4-16-45(17-5-1)48-28-35-54(36-29-48)65(57-43-52(46-18-6-2-7-19-46)42-53(44-57)47-20-8-3-9-21-47)55-37-30-50(31-38-55)58-23-12-13-24-59(58)51-32-39-56(40-33-51)66-63-27-15-14-26-61(63)62-41-34-49-22-10-11-25-60(49)64(62)66/h1-35,37-44,54H,36H2. The van der Waals surface area contributed by atoms with Gasteiger partial charge in [-0.2, -0.15) is 0 Å². The molecular weight excluding hydrogens is 797 g/mol. The van der Waals surface area contributed by atoms with E-state index in [2.05, 4.69) is 270 Å². The second-order valence-corrected chi connectivity index (χ2v) is 17.2. The van der Waals surface area contributed by atoms with E-state index in [9.17, 15) is 0 Å². The number of benzene rings is 10. The number of anilines is 2. The molecule has 0 spiro atoms. The highest BCUT2D eigenvalue weighted by atomic mass is 15.2. The van der Waals surface area contributed by atoms with E-state index in [0.29, 0.717) is 0 Å². The minimum Gasteiger partial charge on any atom is -0.334 e. The lowest BCUT2D eigenvalue weighted by Crippen LogP contribution is -2.30. The van der Waals surface area contributed by atoms with Crippen molar-refractivity contribution in [3.05, 3.63) is 266 Å². The van der Waals surface area contributed by atoms with Gasteiger partial charge in [0.2, 0.25) is 0 Å². The largest absolute Gasteiger partial charge is 0.334 e. The SMILES string of the molecule is C1=CC(N(c2ccc(-c3ccccc3-c3ccc(-n4c5ccccc5c5ccc6ccccc6c54)cc3)cc2)c2cc(-c3ccccc3)cc(-c3ccccc3)c2)CC=C1c1ccccc1. The zero-order chi connectivity index (χ0) is 43.8. The number of aromatic nitrogens is 1. The van der Waals surface area contributed by atoms with E-state index >= 15 is 0 Å². The lowest BCUT2D eigenvalue weighted by Gasteiger charge is -2.34. The summed E-state index contributed by atoms with van der Waals surface area (Å²) in [6.07, 6.45) is 7.96. The van der Waals surface area contributed by atoms with Crippen LogP contribution in [0.25, 0.3) is 88.3 Å². The normalized spacial score (nSPS) is 13.6. The fourth-order valence-corrected chi connectivity index (χ4v) is 10.1. The van der Waals surface area contributed by atoms with Gasteiger partial charge in [-0.25, -0.2) is 0 Å². The van der Waals surface area contributed by atoms with Crippen LogP contribution in [0.5, 0.6) is 0 Å². The first kappa shape index (κ1) is 39.2. The summed E-state index contributed by atoms with van der Waals surface area (Å²) in [4.78, 5) is 2.53. The fourth-order valence-electron chi connectivity index (χ4n) is 10.1. The maximum absolute atomic E-state index is 2.53. The number of para-hydroxylation sites is 1. The van der Waals surface area contributed by atoms with Crippen molar-refractivity contribution in [1.82, 2.24) is 4.57 Å². The molecule has 1 unspecified atom stereocenters. The van der Waals surface area contributed by atoms with Crippen molar-refractivity contribution < 1.29 is 0 Å². The van der Waals surface area contributed by atoms with Crippen LogP contribution in [0.4, 0.5) is 11.4 Å². The molecule has 0 bridgehead atoms. The molecule has 1 aliphatic rings. The summed E-state index contributed by atoms with van der Waals surface area (Å²) in [7, 11) is 0. The van der Waals surface area contributed by atoms with Gasteiger partial charge in [0.15, 0.2) is 0 Å². The summed E-state index contributed by atoms with van der Waals surface area (Å²) in [5, 5.41) is 5.05. The lowest BCUT2D eigenvalue weighted by atomic mass is 9.93. The van der Waals surface area contributed by atoms with E-state index in [1.54, 1.807) is 0 Å². The lowest BCUT2D eigenvalue weighted by molar-refractivity contribution is 0.787. The molecule has 12 rings (SSSR count). The van der Waals surface area contributed by atoms with Crippen LogP contribution in [0.3, 0.4) is 0 Å². The third kappa shape index (κ3) is 7.19. The summed E-state index contributed by atoms with van der Waals surface area (Å²) in [5.41, 5.74) is 18.0. The Balaban J connectivity index is 0.928. The molecule has 0 saturated carbocycles. The molecule has 0 aliphatic heterocycles. The van der Waals surface area contributed by atoms with Crippen LogP contribution >= 0.6 is 0 Å². The number of allylic oxidation sites excluding steroid dienone is 2. The topological polar surface area (TPSA) is 8.17 Å².